The average molecular weight is 570 g/mol. The zero-order chi connectivity index (χ0) is 28.6. The number of piperidine rings is 1. The van der Waals surface area contributed by atoms with Crippen molar-refractivity contribution in [2.24, 2.45) is 11.8 Å². The van der Waals surface area contributed by atoms with E-state index in [-0.39, 0.29) is 12.1 Å². The van der Waals surface area contributed by atoms with Crippen molar-refractivity contribution in [3.63, 3.8) is 0 Å². The average Bonchev–Trinajstić information content (AvgIpc) is 3.58. The van der Waals surface area contributed by atoms with E-state index < -0.39 is 0 Å². The van der Waals surface area contributed by atoms with Crippen LogP contribution in [-0.4, -0.2) is 56.4 Å². The number of urea groups is 1. The van der Waals surface area contributed by atoms with Crippen LogP contribution in [0.5, 0.6) is 11.5 Å². The van der Waals surface area contributed by atoms with Gasteiger partial charge in [0, 0.05) is 43.1 Å². The van der Waals surface area contributed by atoms with Gasteiger partial charge in [0.2, 0.25) is 0 Å². The lowest BCUT2D eigenvalue weighted by Gasteiger charge is -2.35. The minimum absolute atomic E-state index is 0.144. The molecule has 2 amide bonds. The Balaban J connectivity index is 0.988. The van der Waals surface area contributed by atoms with E-state index in [9.17, 15) is 4.79 Å². The van der Waals surface area contributed by atoms with Gasteiger partial charge in [0.25, 0.3) is 0 Å². The van der Waals surface area contributed by atoms with Gasteiger partial charge in [-0.15, -0.1) is 0 Å². The number of amides is 2. The Morgan fingerprint density at radius 3 is 2.57 bits per heavy atom. The van der Waals surface area contributed by atoms with Crippen molar-refractivity contribution in [2.45, 2.75) is 51.2 Å². The highest BCUT2D eigenvalue weighted by Gasteiger charge is 2.26. The lowest BCUT2D eigenvalue weighted by Crippen LogP contribution is -2.41. The van der Waals surface area contributed by atoms with E-state index in [0.29, 0.717) is 26.4 Å². The van der Waals surface area contributed by atoms with Crippen LogP contribution in [0, 0.1) is 11.8 Å². The third-order valence-corrected chi connectivity index (χ3v) is 8.88. The molecular formula is C35H43N3O4. The van der Waals surface area contributed by atoms with Crippen molar-refractivity contribution in [3.8, 4) is 11.5 Å². The predicted molar refractivity (Wildman–Crippen MR) is 167 cm³/mol. The molecule has 0 aromatic heterocycles. The molecular weight excluding hydrogens is 526 g/mol. The molecule has 3 aromatic rings. The van der Waals surface area contributed by atoms with Crippen molar-refractivity contribution < 1.29 is 19.0 Å². The minimum Gasteiger partial charge on any atom is -0.492 e. The Kier molecular flexibility index (Phi) is 9.57. The van der Waals surface area contributed by atoms with E-state index >= 15 is 0 Å². The Morgan fingerprint density at radius 2 is 1.76 bits per heavy atom. The van der Waals surface area contributed by atoms with Crippen LogP contribution in [0.3, 0.4) is 0 Å². The normalized spacial score (nSPS) is 21.3. The maximum Gasteiger partial charge on any atom is 0.319 e. The topological polar surface area (TPSA) is 72.1 Å². The van der Waals surface area contributed by atoms with Gasteiger partial charge in [-0.2, -0.15) is 0 Å². The molecule has 7 heteroatoms. The van der Waals surface area contributed by atoms with E-state index in [1.54, 1.807) is 0 Å². The second kappa shape index (κ2) is 14.1. The van der Waals surface area contributed by atoms with Crippen molar-refractivity contribution in [1.82, 2.24) is 10.2 Å². The standard InChI is InChI=1S/C35H43N3O4/c39-35(36-29-17-21-40-22-18-29)37-33-15-16-34(32-10-4-3-9-31(32)33)42-25-26-11-13-30(14-12-26)41-23-20-38-19-5-8-28(24-38)27-6-1-2-7-27/h1,3-4,6,9-16,27-29H,2,5,7-8,17-25H2,(H2,36,37,39). The van der Waals surface area contributed by atoms with Gasteiger partial charge in [-0.1, -0.05) is 48.6 Å². The van der Waals surface area contributed by atoms with E-state index in [4.69, 9.17) is 14.2 Å². The molecule has 2 unspecified atom stereocenters. The highest BCUT2D eigenvalue weighted by Crippen LogP contribution is 2.33. The number of allylic oxidation sites excluding steroid dienone is 2. The highest BCUT2D eigenvalue weighted by molar-refractivity contribution is 6.03. The Bertz CT molecular complexity index is 1350. The fourth-order valence-corrected chi connectivity index (χ4v) is 6.52. The Hall–Kier alpha value is -3.55. The second-order valence-corrected chi connectivity index (χ2v) is 11.8. The third-order valence-electron chi connectivity index (χ3n) is 8.88. The predicted octanol–water partition coefficient (Wildman–Crippen LogP) is 6.78. The number of benzene rings is 3. The fraction of sp³-hybridized carbons (Fsp3) is 0.457. The Morgan fingerprint density at radius 1 is 0.929 bits per heavy atom. The first kappa shape index (κ1) is 28.6. The van der Waals surface area contributed by atoms with Gasteiger partial charge in [0.05, 0.1) is 5.69 Å². The quantitative estimate of drug-likeness (QED) is 0.264. The van der Waals surface area contributed by atoms with E-state index in [1.165, 1.54) is 38.8 Å². The number of hydrogen-bond acceptors (Lipinski definition) is 5. The molecule has 0 radical (unpaired) electrons. The number of carbonyl (C=O) groups excluding carboxylic acids is 1. The smallest absolute Gasteiger partial charge is 0.319 e. The monoisotopic (exact) mass is 569 g/mol. The Labute approximate surface area is 249 Å². The number of hydrogen-bond donors (Lipinski definition) is 2. The van der Waals surface area contributed by atoms with Gasteiger partial charge in [0.15, 0.2) is 0 Å². The van der Waals surface area contributed by atoms with Crippen LogP contribution in [0.15, 0.2) is 72.8 Å². The molecule has 222 valence electrons. The van der Waals surface area contributed by atoms with Crippen LogP contribution in [0.25, 0.3) is 10.8 Å². The molecule has 2 fully saturated rings. The first-order chi connectivity index (χ1) is 20.7. The second-order valence-electron chi connectivity index (χ2n) is 11.8. The van der Waals surface area contributed by atoms with Crippen molar-refractivity contribution in [1.29, 1.82) is 0 Å². The maximum absolute atomic E-state index is 12.6. The zero-order valence-electron chi connectivity index (χ0n) is 24.4. The van der Waals surface area contributed by atoms with Crippen LogP contribution in [-0.2, 0) is 11.3 Å². The van der Waals surface area contributed by atoms with Crippen molar-refractivity contribution in [3.05, 3.63) is 78.4 Å². The largest absolute Gasteiger partial charge is 0.492 e. The van der Waals surface area contributed by atoms with Crippen LogP contribution in [0.2, 0.25) is 0 Å². The summed E-state index contributed by atoms with van der Waals surface area (Å²) in [5.41, 5.74) is 1.84. The molecule has 0 spiro atoms. The molecule has 0 saturated carbocycles. The van der Waals surface area contributed by atoms with Gasteiger partial charge < -0.3 is 24.8 Å². The first-order valence-electron chi connectivity index (χ1n) is 15.6. The molecule has 2 N–H and O–H groups in total. The zero-order valence-corrected chi connectivity index (χ0v) is 24.4. The van der Waals surface area contributed by atoms with Gasteiger partial charge >= 0.3 is 6.03 Å². The summed E-state index contributed by atoms with van der Waals surface area (Å²) in [6.07, 6.45) is 11.7. The van der Waals surface area contributed by atoms with E-state index in [2.05, 4.69) is 39.8 Å². The van der Waals surface area contributed by atoms with Crippen LogP contribution in [0.4, 0.5) is 10.5 Å². The fourth-order valence-electron chi connectivity index (χ4n) is 6.52. The summed E-state index contributed by atoms with van der Waals surface area (Å²) in [4.78, 5) is 15.2. The van der Waals surface area contributed by atoms with Gasteiger partial charge in [0.1, 0.15) is 24.7 Å². The molecule has 7 nitrogen and oxygen atoms in total. The molecule has 42 heavy (non-hydrogen) atoms. The lowest BCUT2D eigenvalue weighted by atomic mass is 9.85. The highest BCUT2D eigenvalue weighted by atomic mass is 16.5. The first-order valence-corrected chi connectivity index (χ1v) is 15.6. The van der Waals surface area contributed by atoms with Gasteiger partial charge in [-0.3, -0.25) is 4.90 Å². The van der Waals surface area contributed by atoms with Crippen LogP contribution < -0.4 is 20.1 Å². The number of nitrogens with one attached hydrogen (secondary N) is 2. The molecule has 2 aliphatic heterocycles. The summed E-state index contributed by atoms with van der Waals surface area (Å²) in [6.45, 7) is 5.90. The molecule has 0 bridgehead atoms. The number of ether oxygens (including phenoxy) is 3. The van der Waals surface area contributed by atoms with E-state index in [1.807, 2.05) is 48.5 Å². The lowest BCUT2D eigenvalue weighted by molar-refractivity contribution is 0.0806. The van der Waals surface area contributed by atoms with Crippen molar-refractivity contribution in [2.75, 3.05) is 44.8 Å². The van der Waals surface area contributed by atoms with Crippen LogP contribution >= 0.6 is 0 Å². The summed E-state index contributed by atoms with van der Waals surface area (Å²) in [5, 5.41) is 8.00. The van der Waals surface area contributed by atoms with E-state index in [0.717, 1.165) is 64.7 Å². The van der Waals surface area contributed by atoms with Gasteiger partial charge in [-0.05, 0) is 86.7 Å². The summed E-state index contributed by atoms with van der Waals surface area (Å²) < 4.78 is 17.7. The van der Waals surface area contributed by atoms with Crippen molar-refractivity contribution >= 4 is 22.5 Å². The molecule has 6 rings (SSSR count). The molecule has 3 aliphatic rings. The minimum atomic E-state index is -0.190. The number of rotatable bonds is 10. The SMILES string of the molecule is O=C(Nc1ccc(OCc2ccc(OCCN3CCCC(C4C=CCC4)C3)cc2)c2ccccc12)NC1CCOCC1. The van der Waals surface area contributed by atoms with Crippen LogP contribution in [0.1, 0.15) is 44.1 Å². The summed E-state index contributed by atoms with van der Waals surface area (Å²) in [7, 11) is 0. The van der Waals surface area contributed by atoms with Gasteiger partial charge in [-0.25, -0.2) is 4.79 Å². The molecule has 2 atom stereocenters. The number of carbonyl (C=O) groups is 1. The summed E-state index contributed by atoms with van der Waals surface area (Å²) in [5.74, 6) is 3.27. The molecule has 3 aromatic carbocycles. The number of nitrogens with zero attached hydrogens (tertiary/aromatic N) is 1. The molecule has 2 heterocycles. The maximum atomic E-state index is 12.6. The summed E-state index contributed by atoms with van der Waals surface area (Å²) in [6, 6.07) is 20.0. The summed E-state index contributed by atoms with van der Waals surface area (Å²) >= 11 is 0. The third kappa shape index (κ3) is 7.44. The number of anilines is 1. The number of fused-ring (bicyclic) bond motifs is 1. The molecule has 2 saturated heterocycles. The molecule has 1 aliphatic carbocycles. The number of likely N-dealkylation sites (tertiary alicyclic amines) is 1.